The molecule has 35 heavy (non-hydrogen) atoms. The van der Waals surface area contributed by atoms with Crippen LogP contribution in [0.4, 0.5) is 4.79 Å². The Morgan fingerprint density at radius 1 is 1.06 bits per heavy atom. The van der Waals surface area contributed by atoms with Crippen LogP contribution in [0.25, 0.3) is 0 Å². The SMILES string of the molecule is CCC(CC)N1C(=O)[C@@](C)(CC(=O)NNC(N)=O)C[C@H](c2cccc(Cl)c2)[C@H]1c1ccc(Cl)cc1. The fraction of sp³-hybridized carbons (Fsp3) is 0.423. The number of piperidine rings is 1. The maximum atomic E-state index is 14.2. The molecule has 4 amide bonds. The van der Waals surface area contributed by atoms with E-state index in [2.05, 4.69) is 24.7 Å². The second-order valence-corrected chi connectivity index (χ2v) is 10.2. The van der Waals surface area contributed by atoms with Crippen molar-refractivity contribution in [1.82, 2.24) is 15.8 Å². The van der Waals surface area contributed by atoms with Crippen LogP contribution in [0, 0.1) is 5.41 Å². The van der Waals surface area contributed by atoms with Gasteiger partial charge in [-0.05, 0) is 54.7 Å². The third kappa shape index (κ3) is 6.08. The first-order chi connectivity index (χ1) is 16.6. The Balaban J connectivity index is 2.13. The summed E-state index contributed by atoms with van der Waals surface area (Å²) >= 11 is 12.6. The molecule has 0 aromatic heterocycles. The van der Waals surface area contributed by atoms with Crippen molar-refractivity contribution in [3.63, 3.8) is 0 Å². The van der Waals surface area contributed by atoms with E-state index in [1.165, 1.54) is 0 Å². The zero-order valence-electron chi connectivity index (χ0n) is 20.2. The number of hydrogen-bond donors (Lipinski definition) is 3. The lowest BCUT2D eigenvalue weighted by Crippen LogP contribution is -2.57. The number of nitrogens with one attached hydrogen (secondary N) is 2. The monoisotopic (exact) mass is 518 g/mol. The molecule has 1 aliphatic rings. The molecule has 0 unspecified atom stereocenters. The first-order valence-electron chi connectivity index (χ1n) is 11.8. The fourth-order valence-electron chi connectivity index (χ4n) is 5.16. The molecule has 0 aliphatic carbocycles. The number of likely N-dealkylation sites (tertiary alicyclic amines) is 1. The lowest BCUT2D eigenvalue weighted by molar-refractivity contribution is -0.157. The summed E-state index contributed by atoms with van der Waals surface area (Å²) in [7, 11) is 0. The van der Waals surface area contributed by atoms with Crippen molar-refractivity contribution in [2.45, 2.75) is 64.5 Å². The number of halogens is 2. The Morgan fingerprint density at radius 3 is 2.29 bits per heavy atom. The zero-order chi connectivity index (χ0) is 25.8. The molecule has 2 aromatic rings. The van der Waals surface area contributed by atoms with E-state index in [0.29, 0.717) is 16.5 Å². The molecular formula is C26H32Cl2N4O3. The Labute approximate surface area is 216 Å². The first-order valence-corrected chi connectivity index (χ1v) is 12.5. The van der Waals surface area contributed by atoms with Crippen LogP contribution in [0.3, 0.4) is 0 Å². The van der Waals surface area contributed by atoms with Gasteiger partial charge in [0.25, 0.3) is 0 Å². The second kappa shape index (κ2) is 11.3. The fourth-order valence-corrected chi connectivity index (χ4v) is 5.48. The van der Waals surface area contributed by atoms with Crippen LogP contribution in [0.2, 0.25) is 10.0 Å². The predicted molar refractivity (Wildman–Crippen MR) is 138 cm³/mol. The molecule has 0 bridgehead atoms. The van der Waals surface area contributed by atoms with Crippen molar-refractivity contribution in [2.24, 2.45) is 11.1 Å². The molecule has 3 rings (SSSR count). The molecule has 1 fully saturated rings. The lowest BCUT2D eigenvalue weighted by atomic mass is 9.66. The average molecular weight is 519 g/mol. The molecule has 0 spiro atoms. The predicted octanol–water partition coefficient (Wildman–Crippen LogP) is 5.34. The maximum Gasteiger partial charge on any atom is 0.330 e. The Morgan fingerprint density at radius 2 is 1.71 bits per heavy atom. The molecule has 0 saturated carbocycles. The van der Waals surface area contributed by atoms with Gasteiger partial charge in [0, 0.05) is 28.4 Å². The molecule has 0 radical (unpaired) electrons. The molecule has 1 heterocycles. The van der Waals surface area contributed by atoms with Gasteiger partial charge in [-0.25, -0.2) is 10.2 Å². The van der Waals surface area contributed by atoms with E-state index in [-0.39, 0.29) is 30.3 Å². The van der Waals surface area contributed by atoms with Gasteiger partial charge in [-0.15, -0.1) is 0 Å². The molecule has 1 saturated heterocycles. The van der Waals surface area contributed by atoms with Crippen LogP contribution in [-0.4, -0.2) is 28.8 Å². The number of benzene rings is 2. The van der Waals surface area contributed by atoms with Crippen molar-refractivity contribution in [3.8, 4) is 0 Å². The number of hydrazine groups is 1. The summed E-state index contributed by atoms with van der Waals surface area (Å²) in [5.41, 5.74) is 10.4. The molecule has 9 heteroatoms. The van der Waals surface area contributed by atoms with Crippen LogP contribution < -0.4 is 16.6 Å². The molecule has 3 atom stereocenters. The minimum Gasteiger partial charge on any atom is -0.350 e. The summed E-state index contributed by atoms with van der Waals surface area (Å²) in [6.07, 6.45) is 1.84. The van der Waals surface area contributed by atoms with E-state index in [4.69, 9.17) is 28.9 Å². The molecular weight excluding hydrogens is 487 g/mol. The van der Waals surface area contributed by atoms with Crippen molar-refractivity contribution < 1.29 is 14.4 Å². The quantitative estimate of drug-likeness (QED) is 0.431. The van der Waals surface area contributed by atoms with E-state index in [0.717, 1.165) is 24.0 Å². The van der Waals surface area contributed by atoms with Gasteiger partial charge in [0.15, 0.2) is 0 Å². The van der Waals surface area contributed by atoms with Crippen LogP contribution in [-0.2, 0) is 9.59 Å². The molecule has 1 aliphatic heterocycles. The third-order valence-corrected chi connectivity index (χ3v) is 7.29. The standard InChI is InChI=1S/C26H32Cl2N4O3/c1-4-20(5-2)32-23(16-9-11-18(27)12-10-16)21(17-7-6-8-19(28)13-17)14-26(3,24(32)34)15-22(33)30-31-25(29)35/h6-13,20-21,23H,4-5,14-15H2,1-3H3,(H,30,33)(H3,29,31,35)/t21-,23-,26-/m1/s1. The van der Waals surface area contributed by atoms with Gasteiger partial charge >= 0.3 is 6.03 Å². The van der Waals surface area contributed by atoms with Crippen LogP contribution in [0.1, 0.15) is 69.5 Å². The van der Waals surface area contributed by atoms with Gasteiger partial charge in [0.1, 0.15) is 0 Å². The van der Waals surface area contributed by atoms with E-state index in [1.54, 1.807) is 0 Å². The average Bonchev–Trinajstić information content (AvgIpc) is 2.82. The van der Waals surface area contributed by atoms with Crippen molar-refractivity contribution in [1.29, 1.82) is 0 Å². The zero-order valence-corrected chi connectivity index (χ0v) is 21.7. The van der Waals surface area contributed by atoms with E-state index in [1.807, 2.05) is 60.4 Å². The normalized spacial score (nSPS) is 22.2. The molecule has 188 valence electrons. The summed E-state index contributed by atoms with van der Waals surface area (Å²) in [6, 6.07) is 14.1. The lowest BCUT2D eigenvalue weighted by Gasteiger charge is -2.52. The van der Waals surface area contributed by atoms with E-state index < -0.39 is 17.4 Å². The number of nitrogens with zero attached hydrogens (tertiary/aromatic N) is 1. The van der Waals surface area contributed by atoms with Crippen LogP contribution in [0.5, 0.6) is 0 Å². The summed E-state index contributed by atoms with van der Waals surface area (Å²) in [5.74, 6) is -0.715. The summed E-state index contributed by atoms with van der Waals surface area (Å²) < 4.78 is 0. The molecule has 7 nitrogen and oxygen atoms in total. The second-order valence-electron chi connectivity index (χ2n) is 9.32. The highest BCUT2D eigenvalue weighted by Crippen LogP contribution is 2.52. The number of carbonyl (C=O) groups is 3. The number of rotatable bonds is 7. The minimum atomic E-state index is -1.01. The van der Waals surface area contributed by atoms with E-state index in [9.17, 15) is 14.4 Å². The van der Waals surface area contributed by atoms with Gasteiger partial charge in [-0.2, -0.15) is 0 Å². The first kappa shape index (κ1) is 26.8. The number of amides is 4. The summed E-state index contributed by atoms with van der Waals surface area (Å²) in [6.45, 7) is 5.93. The minimum absolute atomic E-state index is 0.0312. The van der Waals surface area contributed by atoms with Crippen molar-refractivity contribution >= 4 is 41.0 Å². The van der Waals surface area contributed by atoms with Gasteiger partial charge in [-0.1, -0.05) is 68.2 Å². The maximum absolute atomic E-state index is 14.2. The van der Waals surface area contributed by atoms with Crippen LogP contribution >= 0.6 is 23.2 Å². The molecule has 4 N–H and O–H groups in total. The van der Waals surface area contributed by atoms with Gasteiger partial charge in [0.2, 0.25) is 11.8 Å². The smallest absolute Gasteiger partial charge is 0.330 e. The Hall–Kier alpha value is -2.77. The van der Waals surface area contributed by atoms with Crippen molar-refractivity contribution in [3.05, 3.63) is 69.7 Å². The highest BCUT2D eigenvalue weighted by atomic mass is 35.5. The number of hydrogen-bond acceptors (Lipinski definition) is 3. The van der Waals surface area contributed by atoms with E-state index >= 15 is 0 Å². The Kier molecular flexibility index (Phi) is 8.67. The van der Waals surface area contributed by atoms with Gasteiger partial charge < -0.3 is 10.6 Å². The van der Waals surface area contributed by atoms with Gasteiger partial charge in [0.05, 0.1) is 11.5 Å². The summed E-state index contributed by atoms with van der Waals surface area (Å²) in [4.78, 5) is 39.8. The van der Waals surface area contributed by atoms with Gasteiger partial charge in [-0.3, -0.25) is 15.0 Å². The number of nitrogens with two attached hydrogens (primary N) is 1. The number of carbonyl (C=O) groups excluding carboxylic acids is 3. The highest BCUT2D eigenvalue weighted by Gasteiger charge is 2.51. The third-order valence-electron chi connectivity index (χ3n) is 6.80. The largest absolute Gasteiger partial charge is 0.350 e. The number of primary amides is 1. The summed E-state index contributed by atoms with van der Waals surface area (Å²) in [5, 5.41) is 1.22. The number of urea groups is 1. The van der Waals surface area contributed by atoms with Crippen molar-refractivity contribution in [2.75, 3.05) is 0 Å². The Bertz CT molecular complexity index is 1070. The van der Waals surface area contributed by atoms with Crippen LogP contribution in [0.15, 0.2) is 48.5 Å². The molecule has 2 aromatic carbocycles. The topological polar surface area (TPSA) is 105 Å². The highest BCUT2D eigenvalue weighted by molar-refractivity contribution is 6.30.